The Kier molecular flexibility index (Phi) is 4.13. The van der Waals surface area contributed by atoms with Gasteiger partial charge in [0.25, 0.3) is 0 Å². The Balaban J connectivity index is 1.64. The molecule has 3 aliphatic heterocycles. The third-order valence-electron chi connectivity index (χ3n) is 5.61. The highest BCUT2D eigenvalue weighted by Gasteiger charge is 2.42. The van der Waals surface area contributed by atoms with Crippen LogP contribution in [0.2, 0.25) is 0 Å². The molecule has 1 aromatic rings. The number of fused-ring (bicyclic) bond motifs is 1. The first-order chi connectivity index (χ1) is 12.1. The van der Waals surface area contributed by atoms with Crippen molar-refractivity contribution in [3.05, 3.63) is 23.8 Å². The van der Waals surface area contributed by atoms with Crippen molar-refractivity contribution in [1.82, 2.24) is 10.6 Å². The van der Waals surface area contributed by atoms with E-state index in [0.29, 0.717) is 18.8 Å². The molecule has 7 nitrogen and oxygen atoms in total. The number of aliphatic hydroxyl groups is 1. The number of benzene rings is 1. The van der Waals surface area contributed by atoms with Gasteiger partial charge in [0.05, 0.1) is 11.4 Å². The molecular weight excluding hydrogens is 320 g/mol. The van der Waals surface area contributed by atoms with Crippen molar-refractivity contribution in [3.8, 4) is 0 Å². The van der Waals surface area contributed by atoms with Gasteiger partial charge in [-0.2, -0.15) is 0 Å². The van der Waals surface area contributed by atoms with Crippen molar-refractivity contribution in [3.63, 3.8) is 0 Å². The Bertz CT molecular complexity index is 702. The summed E-state index contributed by atoms with van der Waals surface area (Å²) < 4.78 is 0. The molecule has 1 aromatic carbocycles. The fourth-order valence-corrected chi connectivity index (χ4v) is 4.16. The SMILES string of the molecule is CN1c2cc(C3CCNCC3)ccc2N(C2CCC(=O)NC2=O)C1O. The van der Waals surface area contributed by atoms with Gasteiger partial charge in [-0.15, -0.1) is 0 Å². The van der Waals surface area contributed by atoms with E-state index in [9.17, 15) is 14.7 Å². The normalized spacial score (nSPS) is 27.4. The number of carbonyl (C=O) groups is 2. The minimum Gasteiger partial charge on any atom is -0.356 e. The Morgan fingerprint density at radius 1 is 1.12 bits per heavy atom. The second kappa shape index (κ2) is 6.31. The van der Waals surface area contributed by atoms with E-state index in [4.69, 9.17) is 0 Å². The topological polar surface area (TPSA) is 84.9 Å². The Hall–Kier alpha value is -2.12. The molecule has 4 rings (SSSR count). The zero-order valence-electron chi connectivity index (χ0n) is 14.4. The van der Waals surface area contributed by atoms with Gasteiger partial charge in [0.1, 0.15) is 6.04 Å². The number of aliphatic hydroxyl groups excluding tert-OH is 1. The van der Waals surface area contributed by atoms with E-state index in [0.717, 1.165) is 37.3 Å². The van der Waals surface area contributed by atoms with Crippen molar-refractivity contribution in [1.29, 1.82) is 0 Å². The summed E-state index contributed by atoms with van der Waals surface area (Å²) in [6, 6.07) is 5.73. The van der Waals surface area contributed by atoms with Crippen LogP contribution in [0.3, 0.4) is 0 Å². The van der Waals surface area contributed by atoms with Gasteiger partial charge in [-0.25, -0.2) is 0 Å². The van der Waals surface area contributed by atoms with E-state index >= 15 is 0 Å². The predicted octanol–water partition coefficient (Wildman–Crippen LogP) is 0.491. The van der Waals surface area contributed by atoms with Crippen LogP contribution in [0, 0.1) is 0 Å². The summed E-state index contributed by atoms with van der Waals surface area (Å²) in [4.78, 5) is 27.2. The number of amides is 2. The summed E-state index contributed by atoms with van der Waals surface area (Å²) >= 11 is 0. The minimum absolute atomic E-state index is 0.246. The fraction of sp³-hybridized carbons (Fsp3) is 0.556. The van der Waals surface area contributed by atoms with Crippen LogP contribution in [0.15, 0.2) is 18.2 Å². The molecular formula is C18H24N4O3. The van der Waals surface area contributed by atoms with Crippen LogP contribution in [0.25, 0.3) is 0 Å². The Morgan fingerprint density at radius 3 is 2.60 bits per heavy atom. The lowest BCUT2D eigenvalue weighted by atomic mass is 9.89. The number of rotatable bonds is 2. The van der Waals surface area contributed by atoms with Crippen LogP contribution in [-0.4, -0.2) is 49.5 Å². The van der Waals surface area contributed by atoms with Crippen molar-refractivity contribution >= 4 is 23.2 Å². The van der Waals surface area contributed by atoms with E-state index < -0.39 is 12.4 Å². The zero-order chi connectivity index (χ0) is 17.6. The average molecular weight is 344 g/mol. The van der Waals surface area contributed by atoms with E-state index in [2.05, 4.69) is 22.8 Å². The molecule has 0 saturated carbocycles. The summed E-state index contributed by atoms with van der Waals surface area (Å²) in [5.74, 6) is -0.0505. The quantitative estimate of drug-likeness (QED) is 0.677. The minimum atomic E-state index is -0.901. The van der Waals surface area contributed by atoms with Gasteiger partial charge in [0, 0.05) is 13.5 Å². The second-order valence-corrected chi connectivity index (χ2v) is 7.10. The summed E-state index contributed by atoms with van der Waals surface area (Å²) in [5.41, 5.74) is 3.07. The highest BCUT2D eigenvalue weighted by atomic mass is 16.3. The van der Waals surface area contributed by atoms with Gasteiger partial charge in [0.15, 0.2) is 0 Å². The number of anilines is 2. The standard InChI is InChI=1S/C18H24N4O3/c1-21-15-10-12(11-6-8-19-9-7-11)2-3-13(15)22(18(21)25)14-4-5-16(23)20-17(14)24/h2-3,10-11,14,18-19,25H,4-9H2,1H3,(H,20,23,24). The summed E-state index contributed by atoms with van der Waals surface area (Å²) in [6.07, 6.45) is 2.04. The maximum Gasteiger partial charge on any atom is 0.249 e. The molecule has 0 bridgehead atoms. The van der Waals surface area contributed by atoms with E-state index in [1.165, 1.54) is 5.56 Å². The molecule has 2 atom stereocenters. The maximum absolute atomic E-state index is 12.3. The van der Waals surface area contributed by atoms with Gasteiger partial charge in [-0.1, -0.05) is 6.07 Å². The number of nitrogens with one attached hydrogen (secondary N) is 2. The molecule has 0 radical (unpaired) electrons. The zero-order valence-corrected chi connectivity index (χ0v) is 14.4. The summed E-state index contributed by atoms with van der Waals surface area (Å²) in [6.45, 7) is 2.06. The van der Waals surface area contributed by atoms with Gasteiger partial charge < -0.3 is 20.2 Å². The van der Waals surface area contributed by atoms with E-state index in [-0.39, 0.29) is 11.8 Å². The van der Waals surface area contributed by atoms with Crippen molar-refractivity contribution in [2.75, 3.05) is 29.9 Å². The van der Waals surface area contributed by atoms with Crippen molar-refractivity contribution < 1.29 is 14.7 Å². The number of hydrogen-bond acceptors (Lipinski definition) is 6. The predicted molar refractivity (Wildman–Crippen MR) is 94.3 cm³/mol. The molecule has 25 heavy (non-hydrogen) atoms. The first-order valence-electron chi connectivity index (χ1n) is 8.94. The number of hydrogen-bond donors (Lipinski definition) is 3. The number of nitrogens with zero attached hydrogens (tertiary/aromatic N) is 2. The molecule has 0 spiro atoms. The van der Waals surface area contributed by atoms with Crippen LogP contribution < -0.4 is 20.4 Å². The van der Waals surface area contributed by atoms with E-state index in [1.807, 2.05) is 13.1 Å². The van der Waals surface area contributed by atoms with Crippen LogP contribution in [0.1, 0.15) is 37.2 Å². The van der Waals surface area contributed by atoms with Crippen LogP contribution in [0.5, 0.6) is 0 Å². The monoisotopic (exact) mass is 344 g/mol. The number of imide groups is 1. The summed E-state index contributed by atoms with van der Waals surface area (Å²) in [5, 5.41) is 16.5. The van der Waals surface area contributed by atoms with Crippen LogP contribution >= 0.6 is 0 Å². The van der Waals surface area contributed by atoms with Crippen LogP contribution in [-0.2, 0) is 9.59 Å². The highest BCUT2D eigenvalue weighted by Crippen LogP contribution is 2.42. The first-order valence-corrected chi connectivity index (χ1v) is 8.94. The first kappa shape index (κ1) is 16.4. The van der Waals surface area contributed by atoms with E-state index in [1.54, 1.807) is 9.80 Å². The molecule has 2 unspecified atom stereocenters. The average Bonchev–Trinajstić information content (AvgIpc) is 2.87. The second-order valence-electron chi connectivity index (χ2n) is 7.10. The van der Waals surface area contributed by atoms with Gasteiger partial charge in [-0.3, -0.25) is 14.9 Å². The molecule has 134 valence electrons. The van der Waals surface area contributed by atoms with Crippen molar-refractivity contribution in [2.24, 2.45) is 0 Å². The molecule has 3 N–H and O–H groups in total. The lowest BCUT2D eigenvalue weighted by Gasteiger charge is -2.34. The van der Waals surface area contributed by atoms with Gasteiger partial charge in [-0.05, 0) is 56.0 Å². The fourth-order valence-electron chi connectivity index (χ4n) is 4.16. The molecule has 2 fully saturated rings. The third-order valence-corrected chi connectivity index (χ3v) is 5.61. The largest absolute Gasteiger partial charge is 0.356 e. The Labute approximate surface area is 147 Å². The van der Waals surface area contributed by atoms with Gasteiger partial charge in [0.2, 0.25) is 18.2 Å². The molecule has 2 saturated heterocycles. The molecule has 0 aromatic heterocycles. The van der Waals surface area contributed by atoms with Gasteiger partial charge >= 0.3 is 0 Å². The smallest absolute Gasteiger partial charge is 0.249 e. The lowest BCUT2D eigenvalue weighted by molar-refractivity contribution is -0.134. The molecule has 7 heteroatoms. The van der Waals surface area contributed by atoms with Crippen LogP contribution in [0.4, 0.5) is 11.4 Å². The highest BCUT2D eigenvalue weighted by molar-refractivity contribution is 6.02. The number of piperidine rings is 2. The lowest BCUT2D eigenvalue weighted by Crippen LogP contribution is -2.56. The maximum atomic E-state index is 12.3. The molecule has 3 aliphatic rings. The number of carbonyl (C=O) groups excluding carboxylic acids is 2. The molecule has 0 aliphatic carbocycles. The third kappa shape index (κ3) is 2.77. The summed E-state index contributed by atoms with van der Waals surface area (Å²) in [7, 11) is 1.83. The molecule has 2 amide bonds. The molecule has 3 heterocycles. The van der Waals surface area contributed by atoms with Crippen molar-refractivity contribution in [2.45, 2.75) is 44.0 Å². The Morgan fingerprint density at radius 2 is 1.88 bits per heavy atom.